The maximum Gasteiger partial charge on any atom is 0.337 e. The van der Waals surface area contributed by atoms with Gasteiger partial charge in [0.05, 0.1) is 18.3 Å². The number of aliphatic hydroxyl groups is 1. The molecule has 1 aromatic rings. The van der Waals surface area contributed by atoms with Gasteiger partial charge in [-0.25, -0.2) is 4.79 Å². The van der Waals surface area contributed by atoms with Crippen LogP contribution in [0.25, 0.3) is 0 Å². The molecular formula is C12H15NO3. The van der Waals surface area contributed by atoms with Crippen LogP contribution in [0.15, 0.2) is 24.3 Å². The lowest BCUT2D eigenvalue weighted by Gasteiger charge is -2.37. The van der Waals surface area contributed by atoms with Gasteiger partial charge in [0.2, 0.25) is 0 Å². The van der Waals surface area contributed by atoms with Crippen molar-refractivity contribution in [3.05, 3.63) is 35.4 Å². The van der Waals surface area contributed by atoms with Gasteiger partial charge in [-0.1, -0.05) is 12.1 Å². The molecule has 0 aliphatic carbocycles. The van der Waals surface area contributed by atoms with Crippen LogP contribution in [-0.2, 0) is 11.2 Å². The highest BCUT2D eigenvalue weighted by Gasteiger charge is 2.34. The smallest absolute Gasteiger partial charge is 0.337 e. The number of carbonyl (C=O) groups excluding carboxylic acids is 1. The predicted molar refractivity (Wildman–Crippen MR) is 59.3 cm³/mol. The Labute approximate surface area is 94.2 Å². The Morgan fingerprint density at radius 1 is 1.56 bits per heavy atom. The first-order valence-corrected chi connectivity index (χ1v) is 5.23. The van der Waals surface area contributed by atoms with Crippen molar-refractivity contribution in [1.29, 1.82) is 0 Å². The number of rotatable bonds is 3. The van der Waals surface area contributed by atoms with E-state index in [1.165, 1.54) is 7.11 Å². The Hall–Kier alpha value is -1.39. The lowest BCUT2D eigenvalue weighted by atomic mass is 9.89. The summed E-state index contributed by atoms with van der Waals surface area (Å²) in [5.74, 6) is -0.347. The third-order valence-electron chi connectivity index (χ3n) is 2.79. The second kappa shape index (κ2) is 4.23. The fourth-order valence-corrected chi connectivity index (χ4v) is 1.84. The lowest BCUT2D eigenvalue weighted by Crippen LogP contribution is -2.60. The van der Waals surface area contributed by atoms with Crippen molar-refractivity contribution < 1.29 is 14.6 Å². The zero-order valence-corrected chi connectivity index (χ0v) is 9.19. The van der Waals surface area contributed by atoms with E-state index in [0.717, 1.165) is 5.56 Å². The molecule has 0 amide bonds. The molecule has 1 aliphatic rings. The van der Waals surface area contributed by atoms with Gasteiger partial charge in [-0.2, -0.15) is 0 Å². The van der Waals surface area contributed by atoms with Crippen molar-refractivity contribution in [3.8, 4) is 0 Å². The van der Waals surface area contributed by atoms with E-state index in [-0.39, 0.29) is 5.97 Å². The summed E-state index contributed by atoms with van der Waals surface area (Å²) in [6, 6.07) is 7.18. The van der Waals surface area contributed by atoms with Crippen LogP contribution < -0.4 is 5.32 Å². The van der Waals surface area contributed by atoms with Crippen LogP contribution >= 0.6 is 0 Å². The van der Waals surface area contributed by atoms with Gasteiger partial charge in [-0.3, -0.25) is 0 Å². The lowest BCUT2D eigenvalue weighted by molar-refractivity contribution is -0.00905. The Morgan fingerprint density at radius 3 is 2.88 bits per heavy atom. The van der Waals surface area contributed by atoms with Gasteiger partial charge in [0.1, 0.15) is 0 Å². The molecule has 86 valence electrons. The maximum absolute atomic E-state index is 11.3. The quantitative estimate of drug-likeness (QED) is 0.723. The summed E-state index contributed by atoms with van der Waals surface area (Å²) < 4.78 is 4.65. The van der Waals surface area contributed by atoms with E-state index in [4.69, 9.17) is 0 Å². The van der Waals surface area contributed by atoms with Gasteiger partial charge in [0, 0.05) is 19.5 Å². The molecule has 0 atom stereocenters. The zero-order valence-electron chi connectivity index (χ0n) is 9.19. The summed E-state index contributed by atoms with van der Waals surface area (Å²) in [5, 5.41) is 13.0. The third-order valence-corrected chi connectivity index (χ3v) is 2.79. The van der Waals surface area contributed by atoms with E-state index in [9.17, 15) is 9.90 Å². The minimum absolute atomic E-state index is 0.347. The number of ether oxygens (including phenoxy) is 1. The van der Waals surface area contributed by atoms with E-state index in [1.807, 2.05) is 6.07 Å². The summed E-state index contributed by atoms with van der Waals surface area (Å²) in [4.78, 5) is 11.3. The van der Waals surface area contributed by atoms with Gasteiger partial charge in [0.15, 0.2) is 0 Å². The molecule has 0 aromatic heterocycles. The van der Waals surface area contributed by atoms with Gasteiger partial charge in [-0.05, 0) is 17.7 Å². The van der Waals surface area contributed by atoms with Crippen molar-refractivity contribution in [2.45, 2.75) is 12.0 Å². The second-order valence-electron chi connectivity index (χ2n) is 4.20. The number of hydrogen-bond acceptors (Lipinski definition) is 4. The summed E-state index contributed by atoms with van der Waals surface area (Å²) in [5.41, 5.74) is 0.817. The number of hydrogen-bond donors (Lipinski definition) is 2. The molecule has 4 heteroatoms. The molecule has 1 aromatic carbocycles. The average Bonchev–Trinajstić information content (AvgIpc) is 2.26. The Balaban J connectivity index is 2.12. The first kappa shape index (κ1) is 11.1. The molecule has 0 radical (unpaired) electrons. The number of methoxy groups -OCH3 is 1. The van der Waals surface area contributed by atoms with Gasteiger partial charge >= 0.3 is 5.97 Å². The highest BCUT2D eigenvalue weighted by Crippen LogP contribution is 2.18. The van der Waals surface area contributed by atoms with Crippen LogP contribution in [0.3, 0.4) is 0 Å². The van der Waals surface area contributed by atoms with Crippen LogP contribution in [0.5, 0.6) is 0 Å². The largest absolute Gasteiger partial charge is 0.465 e. The second-order valence-corrected chi connectivity index (χ2v) is 4.20. The van der Waals surface area contributed by atoms with Crippen molar-refractivity contribution in [1.82, 2.24) is 5.32 Å². The number of carbonyl (C=O) groups is 1. The topological polar surface area (TPSA) is 58.6 Å². The van der Waals surface area contributed by atoms with E-state index < -0.39 is 5.60 Å². The first-order valence-electron chi connectivity index (χ1n) is 5.23. The summed E-state index contributed by atoms with van der Waals surface area (Å²) in [6.45, 7) is 1.21. The standard InChI is InChI=1S/C12H15NO3/c1-16-11(14)10-4-2-3-9(5-10)6-12(15)7-13-8-12/h2-5,13,15H,6-8H2,1H3. The normalized spacial score (nSPS) is 17.6. The van der Waals surface area contributed by atoms with Crippen molar-refractivity contribution in [2.75, 3.05) is 20.2 Å². The average molecular weight is 221 g/mol. The monoisotopic (exact) mass is 221 g/mol. The van der Waals surface area contributed by atoms with E-state index in [2.05, 4.69) is 10.1 Å². The predicted octanol–water partition coefficient (Wildman–Crippen LogP) is 0.350. The van der Waals surface area contributed by atoms with E-state index in [0.29, 0.717) is 25.1 Å². The minimum atomic E-state index is -0.658. The molecular weight excluding hydrogens is 206 g/mol. The molecule has 0 saturated carbocycles. The summed E-state index contributed by atoms with van der Waals surface area (Å²) >= 11 is 0. The molecule has 2 rings (SSSR count). The van der Waals surface area contributed by atoms with Crippen LogP contribution in [0, 0.1) is 0 Å². The molecule has 4 nitrogen and oxygen atoms in total. The van der Waals surface area contributed by atoms with Crippen molar-refractivity contribution in [2.24, 2.45) is 0 Å². The molecule has 1 fully saturated rings. The molecule has 0 unspecified atom stereocenters. The highest BCUT2D eigenvalue weighted by molar-refractivity contribution is 5.89. The van der Waals surface area contributed by atoms with Crippen LogP contribution in [-0.4, -0.2) is 36.9 Å². The molecule has 0 spiro atoms. The van der Waals surface area contributed by atoms with Crippen molar-refractivity contribution in [3.63, 3.8) is 0 Å². The van der Waals surface area contributed by atoms with Crippen LogP contribution in [0.2, 0.25) is 0 Å². The molecule has 1 saturated heterocycles. The maximum atomic E-state index is 11.3. The molecule has 16 heavy (non-hydrogen) atoms. The molecule has 1 aliphatic heterocycles. The van der Waals surface area contributed by atoms with E-state index >= 15 is 0 Å². The van der Waals surface area contributed by atoms with Crippen LogP contribution in [0.4, 0.5) is 0 Å². The van der Waals surface area contributed by atoms with Crippen LogP contribution in [0.1, 0.15) is 15.9 Å². The number of esters is 1. The SMILES string of the molecule is COC(=O)c1cccc(CC2(O)CNC2)c1. The van der Waals surface area contributed by atoms with Gasteiger partial charge < -0.3 is 15.2 Å². The van der Waals surface area contributed by atoms with E-state index in [1.54, 1.807) is 18.2 Å². The zero-order chi connectivity index (χ0) is 11.6. The Bertz CT molecular complexity index is 399. The summed E-state index contributed by atoms with van der Waals surface area (Å²) in [6.07, 6.45) is 0.560. The number of β-amino-alcohol motifs (C(OH)–C–C–N with tert-alkyl or cyclic N) is 1. The first-order chi connectivity index (χ1) is 7.63. The highest BCUT2D eigenvalue weighted by atomic mass is 16.5. The number of nitrogens with one attached hydrogen (secondary N) is 1. The Kier molecular flexibility index (Phi) is 2.94. The van der Waals surface area contributed by atoms with Crippen molar-refractivity contribution >= 4 is 5.97 Å². The van der Waals surface area contributed by atoms with Gasteiger partial charge in [-0.15, -0.1) is 0 Å². The van der Waals surface area contributed by atoms with Gasteiger partial charge in [0.25, 0.3) is 0 Å². The number of benzene rings is 1. The molecule has 1 heterocycles. The fourth-order valence-electron chi connectivity index (χ4n) is 1.84. The summed E-state index contributed by atoms with van der Waals surface area (Å²) in [7, 11) is 1.36. The molecule has 2 N–H and O–H groups in total. The third kappa shape index (κ3) is 2.23. The fraction of sp³-hybridized carbons (Fsp3) is 0.417. The molecule has 0 bridgehead atoms. The minimum Gasteiger partial charge on any atom is -0.465 e. The Morgan fingerprint density at radius 2 is 2.31 bits per heavy atom.